The number of benzene rings is 3. The molecule has 0 fully saturated rings. The van der Waals surface area contributed by atoms with E-state index in [0.29, 0.717) is 27.1 Å². The van der Waals surface area contributed by atoms with Crippen molar-refractivity contribution in [2.75, 3.05) is 0 Å². The van der Waals surface area contributed by atoms with Crippen LogP contribution in [0.3, 0.4) is 0 Å². The molecule has 2 atom stereocenters. The molecule has 0 saturated heterocycles. The van der Waals surface area contributed by atoms with Crippen LogP contribution in [0.4, 0.5) is 0 Å². The fourth-order valence-corrected chi connectivity index (χ4v) is 8.12. The molecule has 0 heterocycles. The van der Waals surface area contributed by atoms with E-state index in [-0.39, 0.29) is 11.7 Å². The van der Waals surface area contributed by atoms with Crippen LogP contribution in [0.15, 0.2) is 71.9 Å². The topological polar surface area (TPSA) is 40.5 Å². The number of fused-ring (bicyclic) bond motifs is 1. The lowest BCUT2D eigenvalue weighted by Crippen LogP contribution is -2.27. The average molecular weight is 558 g/mol. The molecule has 3 aromatic rings. The predicted octanol–water partition coefficient (Wildman–Crippen LogP) is 9.66. The Morgan fingerprint density at radius 1 is 0.917 bits per heavy atom. The largest absolute Gasteiger partial charge is 0.507 e. The third kappa shape index (κ3) is 5.05. The number of hydrogen-bond donors (Lipinski definition) is 2. The molecule has 6 heteroatoms. The fourth-order valence-electron chi connectivity index (χ4n) is 5.27. The first-order valence-electron chi connectivity index (χ1n) is 12.2. The van der Waals surface area contributed by atoms with Crippen LogP contribution in [-0.4, -0.2) is 24.4 Å². The van der Waals surface area contributed by atoms with Gasteiger partial charge in [0.2, 0.25) is 0 Å². The highest BCUT2D eigenvalue weighted by Gasteiger charge is 2.41. The molecule has 1 aliphatic rings. The van der Waals surface area contributed by atoms with Gasteiger partial charge in [0, 0.05) is 10.9 Å². The van der Waals surface area contributed by atoms with Crippen LogP contribution in [0.1, 0.15) is 47.9 Å². The number of halogens is 3. The molecule has 0 saturated carbocycles. The van der Waals surface area contributed by atoms with Crippen molar-refractivity contribution in [3.05, 3.63) is 109 Å². The molecule has 0 spiro atoms. The minimum Gasteiger partial charge on any atom is -0.507 e. The minimum absolute atomic E-state index is 0.0738. The van der Waals surface area contributed by atoms with Gasteiger partial charge < -0.3 is 10.2 Å². The van der Waals surface area contributed by atoms with Gasteiger partial charge in [-0.25, -0.2) is 0 Å². The van der Waals surface area contributed by atoms with Crippen molar-refractivity contribution in [3.63, 3.8) is 0 Å². The van der Waals surface area contributed by atoms with Crippen LogP contribution in [0.2, 0.25) is 34.7 Å². The maximum atomic E-state index is 12.0. The second-order valence-electron chi connectivity index (χ2n) is 10.3. The average Bonchev–Trinajstić information content (AvgIpc) is 3.13. The van der Waals surface area contributed by atoms with Gasteiger partial charge in [0.05, 0.1) is 29.8 Å². The molecule has 2 N–H and O–H groups in total. The second-order valence-corrected chi connectivity index (χ2v) is 16.5. The van der Waals surface area contributed by atoms with Crippen molar-refractivity contribution in [1.82, 2.24) is 0 Å². The first-order valence-corrected chi connectivity index (χ1v) is 16.9. The Labute approximate surface area is 229 Å². The number of hydrogen-bond acceptors (Lipinski definition) is 2. The van der Waals surface area contributed by atoms with Crippen molar-refractivity contribution in [1.29, 1.82) is 0 Å². The van der Waals surface area contributed by atoms with E-state index in [2.05, 4.69) is 50.8 Å². The van der Waals surface area contributed by atoms with E-state index in [1.807, 2.05) is 30.3 Å². The summed E-state index contributed by atoms with van der Waals surface area (Å²) in [5.41, 5.74) is 5.51. The van der Waals surface area contributed by atoms with E-state index in [1.165, 1.54) is 0 Å². The van der Waals surface area contributed by atoms with E-state index in [4.69, 9.17) is 34.8 Å². The molecule has 0 aromatic heterocycles. The Morgan fingerprint density at radius 2 is 1.50 bits per heavy atom. The molecule has 4 rings (SSSR count). The molecular formula is C30H31Cl3O2Si. The van der Waals surface area contributed by atoms with Gasteiger partial charge in [0.15, 0.2) is 0 Å². The monoisotopic (exact) mass is 556 g/mol. The van der Waals surface area contributed by atoms with Gasteiger partial charge in [-0.1, -0.05) is 122 Å². The van der Waals surface area contributed by atoms with Crippen molar-refractivity contribution < 1.29 is 10.2 Å². The van der Waals surface area contributed by atoms with Crippen LogP contribution in [0.25, 0.3) is 16.9 Å². The minimum atomic E-state index is -2.24. The van der Waals surface area contributed by atoms with Crippen molar-refractivity contribution in [2.24, 2.45) is 0 Å². The summed E-state index contributed by atoms with van der Waals surface area (Å²) in [4.78, 5) is 0. The summed E-state index contributed by atoms with van der Waals surface area (Å²) in [6.07, 6.45) is 0.988. The third-order valence-electron chi connectivity index (χ3n) is 6.68. The molecule has 1 aliphatic carbocycles. The lowest BCUT2D eigenvalue weighted by Gasteiger charge is -2.28. The molecule has 2 unspecified atom stereocenters. The van der Waals surface area contributed by atoms with Crippen molar-refractivity contribution in [3.8, 4) is 0 Å². The Morgan fingerprint density at radius 3 is 2.08 bits per heavy atom. The number of aliphatic hydroxyl groups excluding tert-OH is 2. The van der Waals surface area contributed by atoms with Gasteiger partial charge in [-0.05, 0) is 51.6 Å². The summed E-state index contributed by atoms with van der Waals surface area (Å²) >= 11 is 19.4. The highest BCUT2D eigenvalue weighted by atomic mass is 35.5. The molecule has 0 aliphatic heterocycles. The molecule has 188 valence electrons. The zero-order valence-electron chi connectivity index (χ0n) is 20.9. The number of aliphatic hydroxyl groups is 2. The van der Waals surface area contributed by atoms with Gasteiger partial charge in [-0.3, -0.25) is 0 Å². The molecule has 36 heavy (non-hydrogen) atoms. The number of allylic oxidation sites excluding steroid dienone is 2. The maximum absolute atomic E-state index is 12.0. The first-order chi connectivity index (χ1) is 17.1. The lowest BCUT2D eigenvalue weighted by molar-refractivity contribution is 0.152. The van der Waals surface area contributed by atoms with Crippen LogP contribution in [0.5, 0.6) is 0 Å². The fraction of sp³-hybridized carbons (Fsp3) is 0.267. The molecule has 0 radical (unpaired) electrons. The Kier molecular flexibility index (Phi) is 8.09. The van der Waals surface area contributed by atoms with E-state index in [0.717, 1.165) is 39.5 Å². The van der Waals surface area contributed by atoms with Gasteiger partial charge in [-0.2, -0.15) is 0 Å². The summed E-state index contributed by atoms with van der Waals surface area (Å²) in [6, 6.07) is 21.6. The Bertz CT molecular complexity index is 1320. The van der Waals surface area contributed by atoms with E-state index >= 15 is 0 Å². The summed E-state index contributed by atoms with van der Waals surface area (Å²) in [5, 5.41) is 25.3. The van der Waals surface area contributed by atoms with Gasteiger partial charge >= 0.3 is 0 Å². The molecule has 2 nitrogen and oxygen atoms in total. The van der Waals surface area contributed by atoms with Crippen LogP contribution in [-0.2, 0) is 0 Å². The Hall–Kier alpha value is -2.01. The lowest BCUT2D eigenvalue weighted by atomic mass is 9.84. The van der Waals surface area contributed by atoms with Crippen LogP contribution < -0.4 is 0 Å². The zero-order chi connectivity index (χ0) is 26.2. The Balaban J connectivity index is 2.16. The standard InChI is InChI=1S/C30H31Cl3O2Si/c1-5-11-24(34)26-20-14-9-10-15-21(20)27(25(26)18-12-7-6-8-13-18)30(36(2,3)4)29(35)28-22(32)16-19(31)17-23(28)33/h6-10,12-17,24,26,34-35H,5,11H2,1-4H3/b30-29+. The molecular weight excluding hydrogens is 527 g/mol. The number of rotatable bonds is 7. The highest BCUT2D eigenvalue weighted by molar-refractivity contribution is 6.86. The summed E-state index contributed by atoms with van der Waals surface area (Å²) in [5.74, 6) is -0.140. The highest BCUT2D eigenvalue weighted by Crippen LogP contribution is 2.54. The normalized spacial score (nSPS) is 17.2. The zero-order valence-corrected chi connectivity index (χ0v) is 24.2. The van der Waals surface area contributed by atoms with Crippen molar-refractivity contribution in [2.45, 2.75) is 51.4 Å². The van der Waals surface area contributed by atoms with Crippen molar-refractivity contribution >= 4 is 59.8 Å². The van der Waals surface area contributed by atoms with Gasteiger partial charge in [-0.15, -0.1) is 0 Å². The van der Waals surface area contributed by atoms with E-state index < -0.39 is 14.2 Å². The molecule has 0 bridgehead atoms. The maximum Gasteiger partial charge on any atom is 0.125 e. The SMILES string of the molecule is CCCC(O)C1C(c2ccccc2)=C(/C(=C(\O)c2c(Cl)cc(Cl)cc2Cl)[Si](C)(C)C)c2ccccc21. The summed E-state index contributed by atoms with van der Waals surface area (Å²) in [6.45, 7) is 8.68. The van der Waals surface area contributed by atoms with Crippen LogP contribution >= 0.6 is 34.8 Å². The third-order valence-corrected chi connectivity index (χ3v) is 9.48. The summed E-state index contributed by atoms with van der Waals surface area (Å²) < 4.78 is 0. The van der Waals surface area contributed by atoms with Gasteiger partial charge in [0.1, 0.15) is 5.76 Å². The smallest absolute Gasteiger partial charge is 0.125 e. The summed E-state index contributed by atoms with van der Waals surface area (Å²) in [7, 11) is -2.24. The van der Waals surface area contributed by atoms with Gasteiger partial charge in [0.25, 0.3) is 0 Å². The second kappa shape index (κ2) is 10.8. The molecule has 0 amide bonds. The predicted molar refractivity (Wildman–Crippen MR) is 158 cm³/mol. The quantitative estimate of drug-likeness (QED) is 0.224. The first kappa shape index (κ1) is 27.0. The molecule has 3 aromatic carbocycles. The van der Waals surface area contributed by atoms with E-state index in [1.54, 1.807) is 12.1 Å². The van der Waals surface area contributed by atoms with E-state index in [9.17, 15) is 10.2 Å². The van der Waals surface area contributed by atoms with Crippen LogP contribution in [0, 0.1) is 0 Å².